The number of carbonyl (C=O) groups is 1. The molecule has 0 aliphatic carbocycles. The van der Waals surface area contributed by atoms with Gasteiger partial charge in [0.25, 0.3) is 0 Å². The number of hydrogen-bond acceptors (Lipinski definition) is 2. The number of rotatable bonds is 12. The SMILES string of the molecule is [2H]C([2H])([2H])C([2H])([2H])C([2H])([2H])C([2H])([2H])C([2H])([2H])C([2H])([2H])C([2H])([2H])C([2H])([2H])C([2H])([2H])C([2H])([2H])C([2H])([2H])C([2H])([2H])CC1CCCC(=O)O1. The van der Waals surface area contributed by atoms with E-state index in [0.717, 1.165) is 0 Å². The van der Waals surface area contributed by atoms with E-state index in [1.165, 1.54) is 0 Å². The molecule has 1 aliphatic rings. The van der Waals surface area contributed by atoms with Crippen molar-refractivity contribution in [3.63, 3.8) is 0 Å². The van der Waals surface area contributed by atoms with E-state index in [4.69, 9.17) is 39.0 Å². The highest BCUT2D eigenvalue weighted by atomic mass is 16.5. The molecule has 20 heavy (non-hydrogen) atoms. The zero-order chi connectivity index (χ0) is 36.7. The Labute approximate surface area is 160 Å². The van der Waals surface area contributed by atoms with Crippen LogP contribution in [0.25, 0.3) is 0 Å². The first-order chi connectivity index (χ1) is 19.2. The first-order valence-electron chi connectivity index (χ1n) is 18.4. The molecule has 0 N–H and O–H groups in total. The first kappa shape index (κ1) is 3.36. The molecule has 1 saturated heterocycles. The molecule has 0 spiro atoms. The molecular formula is C18H34O2. The molecule has 1 rings (SSSR count). The summed E-state index contributed by atoms with van der Waals surface area (Å²) in [5, 5.41) is 0. The molecule has 118 valence electrons. The van der Waals surface area contributed by atoms with Gasteiger partial charge in [-0.3, -0.25) is 4.79 Å². The molecule has 2 heteroatoms. The minimum absolute atomic E-state index is 0.00504. The monoisotopic (exact) mass is 307 g/mol. The van der Waals surface area contributed by atoms with Gasteiger partial charge < -0.3 is 4.74 Å². The maximum atomic E-state index is 11.6. The second kappa shape index (κ2) is 12.2. The highest BCUT2D eigenvalue weighted by Gasteiger charge is 2.19. The fourth-order valence-electron chi connectivity index (χ4n) is 1.38. The van der Waals surface area contributed by atoms with Gasteiger partial charge in [0.05, 0.1) is 0 Å². The van der Waals surface area contributed by atoms with E-state index in [2.05, 4.69) is 0 Å². The molecule has 0 amide bonds. The van der Waals surface area contributed by atoms with Crippen LogP contribution in [0.2, 0.25) is 0 Å². The van der Waals surface area contributed by atoms with Crippen LogP contribution in [0.15, 0.2) is 0 Å². The van der Waals surface area contributed by atoms with E-state index >= 15 is 0 Å². The van der Waals surface area contributed by atoms with E-state index in [-0.39, 0.29) is 19.3 Å². The van der Waals surface area contributed by atoms with Crippen molar-refractivity contribution in [2.45, 2.75) is 109 Å². The van der Waals surface area contributed by atoms with Gasteiger partial charge in [-0.1, -0.05) is 70.6 Å². The number of hydrogen-bond donors (Lipinski definition) is 0. The lowest BCUT2D eigenvalue weighted by molar-refractivity contribution is -0.154. The predicted molar refractivity (Wildman–Crippen MR) is 84.8 cm³/mol. The van der Waals surface area contributed by atoms with Crippen molar-refractivity contribution < 1.29 is 43.8 Å². The van der Waals surface area contributed by atoms with Crippen molar-refractivity contribution in [1.29, 1.82) is 0 Å². The fourth-order valence-corrected chi connectivity index (χ4v) is 1.38. The standard InChI is InChI=1S/C18H34O2/c1-2-3-4-5-6-7-8-9-10-11-12-14-17-15-13-16-18(19)20-17/h17H,2-16H2,1H3/i1D3,2D2,3D2,4D2,5D2,6D2,7D2,8D2,9D2,10D2,11D2,12D2. The minimum atomic E-state index is -4.82. The van der Waals surface area contributed by atoms with Crippen LogP contribution < -0.4 is 0 Å². The number of cyclic esters (lactones) is 1. The minimum Gasteiger partial charge on any atom is -0.462 e. The number of ether oxygens (including phenoxy) is 1. The molecular weight excluding hydrogens is 248 g/mol. The summed E-state index contributed by atoms with van der Waals surface area (Å²) < 4.78 is 204. The van der Waals surface area contributed by atoms with Crippen LogP contribution in [0.1, 0.15) is 137 Å². The molecule has 0 bridgehead atoms. The summed E-state index contributed by atoms with van der Waals surface area (Å²) in [7, 11) is 0. The van der Waals surface area contributed by atoms with Crippen LogP contribution in [-0.4, -0.2) is 12.1 Å². The Morgan fingerprint density at radius 2 is 1.65 bits per heavy atom. The molecule has 2 nitrogen and oxygen atoms in total. The van der Waals surface area contributed by atoms with Gasteiger partial charge in [-0.15, -0.1) is 0 Å². The third kappa shape index (κ3) is 9.39. The molecule has 1 fully saturated rings. The topological polar surface area (TPSA) is 26.3 Å². The fraction of sp³-hybridized carbons (Fsp3) is 0.944. The van der Waals surface area contributed by atoms with Gasteiger partial charge in [-0.2, -0.15) is 0 Å². The van der Waals surface area contributed by atoms with E-state index in [1.54, 1.807) is 0 Å². The van der Waals surface area contributed by atoms with Crippen LogP contribution >= 0.6 is 0 Å². The summed E-state index contributed by atoms with van der Waals surface area (Å²) in [6.07, 6.45) is -51.6. The summed E-state index contributed by atoms with van der Waals surface area (Å²) >= 11 is 0. The highest BCUT2D eigenvalue weighted by molar-refractivity contribution is 5.70. The van der Waals surface area contributed by atoms with E-state index in [0.29, 0.717) is 0 Å². The zero-order valence-corrected chi connectivity index (χ0v) is 10.7. The molecule has 1 unspecified atom stereocenters. The van der Waals surface area contributed by atoms with Crippen LogP contribution in [0.3, 0.4) is 0 Å². The van der Waals surface area contributed by atoms with Gasteiger partial charge in [0, 0.05) is 40.7 Å². The van der Waals surface area contributed by atoms with Crippen molar-refractivity contribution in [2.24, 2.45) is 0 Å². The van der Waals surface area contributed by atoms with Crippen molar-refractivity contribution in [1.82, 2.24) is 0 Å². The lowest BCUT2D eigenvalue weighted by Gasteiger charge is -2.21. The summed E-state index contributed by atoms with van der Waals surface area (Å²) in [5.41, 5.74) is 0. The van der Waals surface area contributed by atoms with E-state index in [9.17, 15) is 4.79 Å². The third-order valence-electron chi connectivity index (χ3n) is 2.19. The Balaban J connectivity index is 3.77. The Morgan fingerprint density at radius 1 is 1.05 bits per heavy atom. The lowest BCUT2D eigenvalue weighted by atomic mass is 10.0. The Hall–Kier alpha value is -0.530. The Bertz CT molecular complexity index is 1100. The van der Waals surface area contributed by atoms with Crippen molar-refractivity contribution in [3.05, 3.63) is 0 Å². The maximum absolute atomic E-state index is 11.6. The third-order valence-corrected chi connectivity index (χ3v) is 2.19. The summed E-state index contributed by atoms with van der Waals surface area (Å²) in [6, 6.07) is 0. The largest absolute Gasteiger partial charge is 0.462 e. The van der Waals surface area contributed by atoms with Crippen LogP contribution in [0, 0.1) is 0 Å². The van der Waals surface area contributed by atoms with E-state index < -0.39 is 95.4 Å². The quantitative estimate of drug-likeness (QED) is 0.427. The molecule has 0 aromatic rings. The van der Waals surface area contributed by atoms with Gasteiger partial charge in [0.15, 0.2) is 0 Å². The van der Waals surface area contributed by atoms with Gasteiger partial charge in [-0.25, -0.2) is 0 Å². The molecule has 1 heterocycles. The molecule has 1 atom stereocenters. The van der Waals surface area contributed by atoms with Gasteiger partial charge in [0.2, 0.25) is 0 Å². The Morgan fingerprint density at radius 3 is 2.25 bits per heavy atom. The molecule has 0 aromatic heterocycles. The number of carbonyl (C=O) groups excluding carboxylic acids is 1. The van der Waals surface area contributed by atoms with Crippen molar-refractivity contribution >= 4 is 5.97 Å². The normalized spacial score (nSPS) is 46.1. The van der Waals surface area contributed by atoms with Crippen LogP contribution in [0.4, 0.5) is 0 Å². The summed E-state index contributed by atoms with van der Waals surface area (Å²) in [5.74, 6) is -0.779. The molecule has 0 saturated carbocycles. The average molecular weight is 308 g/mol. The van der Waals surface area contributed by atoms with Gasteiger partial charge >= 0.3 is 5.97 Å². The highest BCUT2D eigenvalue weighted by Crippen LogP contribution is 2.20. The predicted octanol–water partition coefficient (Wildman–Crippen LogP) is 5.78. The second-order valence-electron chi connectivity index (χ2n) is 3.63. The van der Waals surface area contributed by atoms with Crippen LogP contribution in [-0.2, 0) is 9.53 Å². The van der Waals surface area contributed by atoms with Crippen molar-refractivity contribution in [2.75, 3.05) is 0 Å². The summed E-state index contributed by atoms with van der Waals surface area (Å²) in [4.78, 5) is 11.6. The average Bonchev–Trinajstić information content (AvgIpc) is 2.81. The zero-order valence-electron chi connectivity index (χ0n) is 35.7. The number of esters is 1. The lowest BCUT2D eigenvalue weighted by Crippen LogP contribution is -2.23. The molecule has 1 aliphatic heterocycles. The second-order valence-corrected chi connectivity index (χ2v) is 3.63. The first-order valence-corrected chi connectivity index (χ1v) is 5.92. The summed E-state index contributed by atoms with van der Waals surface area (Å²) in [6.45, 7) is -4.01. The smallest absolute Gasteiger partial charge is 0.306 e. The van der Waals surface area contributed by atoms with Crippen molar-refractivity contribution in [3.8, 4) is 0 Å². The van der Waals surface area contributed by atoms with Gasteiger partial charge in [0.1, 0.15) is 6.10 Å². The Kier molecular flexibility index (Phi) is 2.05. The van der Waals surface area contributed by atoms with Crippen LogP contribution in [0.5, 0.6) is 0 Å². The molecule has 0 aromatic carbocycles. The molecule has 0 radical (unpaired) electrons. The maximum Gasteiger partial charge on any atom is 0.306 e. The van der Waals surface area contributed by atoms with E-state index in [1.807, 2.05) is 0 Å². The van der Waals surface area contributed by atoms with Gasteiger partial charge in [-0.05, 0) is 25.6 Å².